The molecule has 35 heavy (non-hydrogen) atoms. The lowest BCUT2D eigenvalue weighted by Gasteiger charge is -2.43. The Morgan fingerprint density at radius 3 is 2.60 bits per heavy atom. The van der Waals surface area contributed by atoms with E-state index in [0.717, 1.165) is 28.1 Å². The monoisotopic (exact) mass is 484 g/mol. The van der Waals surface area contributed by atoms with E-state index in [4.69, 9.17) is 5.10 Å². The Bertz CT molecular complexity index is 1370. The summed E-state index contributed by atoms with van der Waals surface area (Å²) < 4.78 is 1.68. The Morgan fingerprint density at radius 1 is 1.09 bits per heavy atom. The van der Waals surface area contributed by atoms with E-state index >= 15 is 0 Å². The maximum atomic E-state index is 13.9. The summed E-state index contributed by atoms with van der Waals surface area (Å²) >= 11 is 1.58. The zero-order chi connectivity index (χ0) is 24.6. The third-order valence-electron chi connectivity index (χ3n) is 6.57. The number of benzene rings is 2. The minimum absolute atomic E-state index is 0.216. The van der Waals surface area contributed by atoms with Crippen molar-refractivity contribution in [2.24, 2.45) is 0 Å². The zero-order valence-corrected chi connectivity index (χ0v) is 20.9. The van der Waals surface area contributed by atoms with E-state index in [2.05, 4.69) is 12.2 Å². The van der Waals surface area contributed by atoms with Gasteiger partial charge in [-0.3, -0.25) is 19.2 Å². The summed E-state index contributed by atoms with van der Waals surface area (Å²) in [6, 6.07) is 21.7. The molecule has 0 spiro atoms. The quantitative estimate of drug-likeness (QED) is 0.408. The number of carbonyl (C=O) groups excluding carboxylic acids is 2. The fourth-order valence-corrected chi connectivity index (χ4v) is 5.21. The predicted molar refractivity (Wildman–Crippen MR) is 140 cm³/mol. The van der Waals surface area contributed by atoms with Crippen LogP contribution < -0.4 is 10.2 Å². The van der Waals surface area contributed by atoms with Gasteiger partial charge in [-0.05, 0) is 61.0 Å². The van der Waals surface area contributed by atoms with Crippen LogP contribution in [-0.4, -0.2) is 27.1 Å². The van der Waals surface area contributed by atoms with Crippen LogP contribution in [-0.2, 0) is 24.3 Å². The van der Waals surface area contributed by atoms with E-state index in [-0.39, 0.29) is 18.4 Å². The van der Waals surface area contributed by atoms with Crippen LogP contribution in [0.2, 0.25) is 0 Å². The number of anilines is 1. The van der Waals surface area contributed by atoms with Crippen LogP contribution in [0.4, 0.5) is 5.69 Å². The van der Waals surface area contributed by atoms with E-state index in [1.165, 1.54) is 5.56 Å². The number of thiophene rings is 1. The smallest absolute Gasteiger partial charge is 0.277 e. The molecule has 0 aliphatic carbocycles. The molecule has 2 aromatic heterocycles. The number of hydrogen-bond donors (Lipinski definition) is 1. The van der Waals surface area contributed by atoms with Crippen molar-refractivity contribution in [3.05, 3.63) is 94.5 Å². The van der Waals surface area contributed by atoms with E-state index in [9.17, 15) is 9.59 Å². The normalized spacial score (nSPS) is 17.3. The Labute approximate surface area is 209 Å². The van der Waals surface area contributed by atoms with E-state index in [1.807, 2.05) is 86.0 Å². The number of nitrogens with one attached hydrogen (secondary N) is 1. The molecule has 0 radical (unpaired) electrons. The Kier molecular flexibility index (Phi) is 6.03. The van der Waals surface area contributed by atoms with Gasteiger partial charge < -0.3 is 5.32 Å². The highest BCUT2D eigenvalue weighted by atomic mass is 32.1. The van der Waals surface area contributed by atoms with Gasteiger partial charge in [-0.25, -0.2) is 0 Å². The summed E-state index contributed by atoms with van der Waals surface area (Å²) in [6.07, 6.45) is 0.840. The summed E-state index contributed by atoms with van der Waals surface area (Å²) in [5.41, 5.74) is 4.08. The molecule has 6 nitrogen and oxygen atoms in total. The molecule has 2 amide bonds. The largest absolute Gasteiger partial charge is 0.350 e. The summed E-state index contributed by atoms with van der Waals surface area (Å²) in [4.78, 5) is 30.3. The number of aryl methyl sites for hydroxylation is 2. The van der Waals surface area contributed by atoms with Crippen LogP contribution >= 0.6 is 11.3 Å². The lowest BCUT2D eigenvalue weighted by molar-refractivity contribution is -0.126. The van der Waals surface area contributed by atoms with Crippen molar-refractivity contribution in [1.29, 1.82) is 0 Å². The van der Waals surface area contributed by atoms with Crippen LogP contribution in [0.15, 0.2) is 72.1 Å². The number of carbonyl (C=O) groups is 2. The molecule has 1 atom stereocenters. The highest BCUT2D eigenvalue weighted by Gasteiger charge is 2.49. The number of hydrogen-bond acceptors (Lipinski definition) is 4. The van der Waals surface area contributed by atoms with Gasteiger partial charge in [0.1, 0.15) is 16.9 Å². The minimum atomic E-state index is -1.15. The predicted octanol–water partition coefficient (Wildman–Crippen LogP) is 5.22. The standard InChI is InChI=1S/C28H28N4O2S/c1-4-20-7-5-8-22(15-20)32-26(33)24-16-23(25-9-6-14-35-25)30-31(24)18-28(32,3)27(34)29-17-21-12-10-19(2)11-13-21/h5-16H,4,17-18H2,1-3H3,(H,29,34)/t28-/m0/s1. The first-order chi connectivity index (χ1) is 16.9. The van der Waals surface area contributed by atoms with Gasteiger partial charge in [-0.1, -0.05) is 55.0 Å². The lowest BCUT2D eigenvalue weighted by atomic mass is 9.93. The summed E-state index contributed by atoms with van der Waals surface area (Å²) in [7, 11) is 0. The summed E-state index contributed by atoms with van der Waals surface area (Å²) in [6.45, 7) is 6.58. The molecule has 0 saturated heterocycles. The van der Waals surface area contributed by atoms with Crippen LogP contribution in [0.3, 0.4) is 0 Å². The molecular weight excluding hydrogens is 456 g/mol. The van der Waals surface area contributed by atoms with Gasteiger partial charge in [0.25, 0.3) is 5.91 Å². The average molecular weight is 485 g/mol. The summed E-state index contributed by atoms with van der Waals surface area (Å²) in [5, 5.41) is 9.77. The number of fused-ring (bicyclic) bond motifs is 1. The zero-order valence-electron chi connectivity index (χ0n) is 20.1. The number of amides is 2. The molecular formula is C28H28N4O2S. The highest BCUT2D eigenvalue weighted by molar-refractivity contribution is 7.13. The molecule has 0 unspecified atom stereocenters. The van der Waals surface area contributed by atoms with Gasteiger partial charge in [0.15, 0.2) is 0 Å². The first kappa shape index (κ1) is 23.1. The van der Waals surface area contributed by atoms with Crippen LogP contribution in [0, 0.1) is 6.92 Å². The molecule has 5 rings (SSSR count). The number of rotatable bonds is 6. The van der Waals surface area contributed by atoms with Crippen LogP contribution in [0.1, 0.15) is 41.0 Å². The van der Waals surface area contributed by atoms with Crippen LogP contribution in [0.25, 0.3) is 10.6 Å². The van der Waals surface area contributed by atoms with Crippen molar-refractivity contribution in [2.75, 3.05) is 4.90 Å². The second-order valence-corrected chi connectivity index (χ2v) is 10.1. The second-order valence-electron chi connectivity index (χ2n) is 9.16. The Hall–Kier alpha value is -3.71. The van der Waals surface area contributed by atoms with Gasteiger partial charge in [0, 0.05) is 12.2 Å². The molecule has 1 aliphatic heterocycles. The molecule has 0 saturated carbocycles. The Morgan fingerprint density at radius 2 is 1.89 bits per heavy atom. The molecule has 7 heteroatoms. The SMILES string of the molecule is CCc1cccc(N2C(=O)c3cc(-c4cccs4)nn3C[C@@]2(C)C(=O)NCc2ccc(C)cc2)c1. The molecule has 0 bridgehead atoms. The average Bonchev–Trinajstić information content (AvgIpc) is 3.54. The molecule has 1 N–H and O–H groups in total. The van der Waals surface area contributed by atoms with Gasteiger partial charge in [-0.2, -0.15) is 5.10 Å². The topological polar surface area (TPSA) is 67.2 Å². The van der Waals surface area contributed by atoms with Crippen molar-refractivity contribution < 1.29 is 9.59 Å². The van der Waals surface area contributed by atoms with Crippen LogP contribution in [0.5, 0.6) is 0 Å². The maximum absolute atomic E-state index is 13.9. The fraction of sp³-hybridized carbons (Fsp3) is 0.250. The Balaban J connectivity index is 1.53. The van der Waals surface area contributed by atoms with E-state index in [0.29, 0.717) is 17.9 Å². The van der Waals surface area contributed by atoms with Gasteiger partial charge >= 0.3 is 0 Å². The molecule has 0 fully saturated rings. The molecule has 3 heterocycles. The maximum Gasteiger partial charge on any atom is 0.277 e. The van der Waals surface area contributed by atoms with Crippen molar-refractivity contribution in [3.63, 3.8) is 0 Å². The molecule has 1 aliphatic rings. The van der Waals surface area contributed by atoms with Crippen molar-refractivity contribution in [1.82, 2.24) is 15.1 Å². The third kappa shape index (κ3) is 4.28. The van der Waals surface area contributed by atoms with Crippen molar-refractivity contribution in [2.45, 2.75) is 45.8 Å². The second kappa shape index (κ2) is 9.15. The first-order valence-electron chi connectivity index (χ1n) is 11.8. The van der Waals surface area contributed by atoms with E-state index < -0.39 is 5.54 Å². The van der Waals surface area contributed by atoms with E-state index in [1.54, 1.807) is 20.9 Å². The molecule has 4 aromatic rings. The lowest BCUT2D eigenvalue weighted by Crippen LogP contribution is -2.64. The van der Waals surface area contributed by atoms with Gasteiger partial charge in [-0.15, -0.1) is 11.3 Å². The van der Waals surface area contributed by atoms with Crippen molar-refractivity contribution in [3.8, 4) is 10.6 Å². The minimum Gasteiger partial charge on any atom is -0.350 e. The molecule has 2 aromatic carbocycles. The van der Waals surface area contributed by atoms with Gasteiger partial charge in [0.2, 0.25) is 5.91 Å². The number of aromatic nitrogens is 2. The highest BCUT2D eigenvalue weighted by Crippen LogP contribution is 2.35. The fourth-order valence-electron chi connectivity index (χ4n) is 4.52. The van der Waals surface area contributed by atoms with Gasteiger partial charge in [0.05, 0.1) is 11.4 Å². The molecule has 178 valence electrons. The van der Waals surface area contributed by atoms with Crippen molar-refractivity contribution >= 4 is 28.8 Å². The number of nitrogens with zero attached hydrogens (tertiary/aromatic N) is 3. The third-order valence-corrected chi connectivity index (χ3v) is 7.46. The first-order valence-corrected chi connectivity index (χ1v) is 12.7. The summed E-state index contributed by atoms with van der Waals surface area (Å²) in [5.74, 6) is -0.444.